The highest BCUT2D eigenvalue weighted by Crippen LogP contribution is 2.32. The summed E-state index contributed by atoms with van der Waals surface area (Å²) >= 11 is 1.70. The van der Waals surface area contributed by atoms with Crippen molar-refractivity contribution in [3.8, 4) is 0 Å². The van der Waals surface area contributed by atoms with E-state index in [-0.39, 0.29) is 12.0 Å². The summed E-state index contributed by atoms with van der Waals surface area (Å²) in [6, 6.07) is 7.20. The van der Waals surface area contributed by atoms with Crippen LogP contribution in [0, 0.1) is 6.92 Å². The fraction of sp³-hybridized carbons (Fsp3) is 0.500. The first-order chi connectivity index (χ1) is 12.6. The normalized spacial score (nSPS) is 20.5. The molecular weight excluding hydrogens is 346 g/mol. The lowest BCUT2D eigenvalue weighted by atomic mass is 10.1. The molecule has 2 aliphatic rings. The summed E-state index contributed by atoms with van der Waals surface area (Å²) in [6.45, 7) is 2.14. The number of hydrogen-bond donors (Lipinski definition) is 2. The monoisotopic (exact) mass is 371 g/mol. The predicted molar refractivity (Wildman–Crippen MR) is 108 cm³/mol. The van der Waals surface area contributed by atoms with Gasteiger partial charge in [0.1, 0.15) is 5.04 Å². The van der Waals surface area contributed by atoms with E-state index in [9.17, 15) is 4.79 Å². The Morgan fingerprint density at radius 1 is 1.35 bits per heavy atom. The van der Waals surface area contributed by atoms with Gasteiger partial charge in [0.15, 0.2) is 0 Å². The van der Waals surface area contributed by atoms with Crippen molar-refractivity contribution < 1.29 is 9.53 Å². The molecule has 1 fully saturated rings. The molecule has 1 aromatic carbocycles. The van der Waals surface area contributed by atoms with Crippen molar-refractivity contribution in [1.82, 2.24) is 4.98 Å². The highest BCUT2D eigenvalue weighted by atomic mass is 32.2. The van der Waals surface area contributed by atoms with Crippen LogP contribution in [0.2, 0.25) is 0 Å². The number of thioether (sulfide) groups is 1. The van der Waals surface area contributed by atoms with E-state index < -0.39 is 0 Å². The van der Waals surface area contributed by atoms with E-state index in [0.717, 1.165) is 22.0 Å². The van der Waals surface area contributed by atoms with Crippen LogP contribution in [0.15, 0.2) is 23.2 Å². The lowest BCUT2D eigenvalue weighted by Gasteiger charge is -2.15. The number of nitrogens with one attached hydrogen (secondary N) is 2. The molecule has 2 aromatic rings. The van der Waals surface area contributed by atoms with Crippen LogP contribution in [-0.4, -0.2) is 40.9 Å². The maximum atomic E-state index is 11.5. The molecule has 138 valence electrons. The highest BCUT2D eigenvalue weighted by molar-refractivity contribution is 8.14. The van der Waals surface area contributed by atoms with Gasteiger partial charge in [-0.05, 0) is 43.5 Å². The van der Waals surface area contributed by atoms with Crippen molar-refractivity contribution in [1.29, 1.82) is 0 Å². The minimum absolute atomic E-state index is 0.00619. The minimum Gasteiger partial charge on any atom is -0.469 e. The maximum Gasteiger partial charge on any atom is 0.307 e. The molecule has 26 heavy (non-hydrogen) atoms. The lowest BCUT2D eigenvalue weighted by Crippen LogP contribution is -2.14. The van der Waals surface area contributed by atoms with E-state index in [2.05, 4.69) is 35.4 Å². The van der Waals surface area contributed by atoms with Crippen molar-refractivity contribution in [2.75, 3.05) is 18.2 Å². The van der Waals surface area contributed by atoms with Crippen molar-refractivity contribution in [2.24, 2.45) is 4.99 Å². The van der Waals surface area contributed by atoms with E-state index in [4.69, 9.17) is 9.73 Å². The largest absolute Gasteiger partial charge is 0.469 e. The number of fused-ring (bicyclic) bond motifs is 1. The molecule has 6 heteroatoms. The van der Waals surface area contributed by atoms with E-state index in [1.807, 2.05) is 0 Å². The Labute approximate surface area is 158 Å². The van der Waals surface area contributed by atoms with E-state index in [1.54, 1.807) is 11.8 Å². The van der Waals surface area contributed by atoms with Gasteiger partial charge in [0.05, 0.1) is 36.5 Å². The Morgan fingerprint density at radius 3 is 2.92 bits per heavy atom. The van der Waals surface area contributed by atoms with E-state index in [1.165, 1.54) is 49.4 Å². The van der Waals surface area contributed by atoms with Crippen LogP contribution in [0.4, 0.5) is 5.69 Å². The molecule has 1 saturated carbocycles. The molecule has 0 saturated heterocycles. The summed E-state index contributed by atoms with van der Waals surface area (Å²) < 4.78 is 4.76. The number of H-pyrrole nitrogens is 1. The minimum atomic E-state index is -0.198. The third-order valence-corrected chi connectivity index (χ3v) is 6.31. The fourth-order valence-corrected chi connectivity index (χ4v) is 4.89. The average Bonchev–Trinajstić information content (AvgIpc) is 3.34. The molecule has 0 bridgehead atoms. The first-order valence-electron chi connectivity index (χ1n) is 9.30. The van der Waals surface area contributed by atoms with Gasteiger partial charge in [-0.2, -0.15) is 0 Å². The molecule has 0 spiro atoms. The van der Waals surface area contributed by atoms with Gasteiger partial charge in [-0.15, -0.1) is 11.8 Å². The second kappa shape index (κ2) is 7.35. The highest BCUT2D eigenvalue weighted by Gasteiger charge is 2.24. The van der Waals surface area contributed by atoms with Crippen molar-refractivity contribution >= 4 is 39.4 Å². The van der Waals surface area contributed by atoms with Gasteiger partial charge in [0.25, 0.3) is 0 Å². The fourth-order valence-electron chi connectivity index (χ4n) is 3.86. The van der Waals surface area contributed by atoms with Crippen LogP contribution < -0.4 is 5.32 Å². The molecule has 1 atom stereocenters. The molecule has 2 heterocycles. The van der Waals surface area contributed by atoms with E-state index >= 15 is 0 Å². The molecular formula is C20H25N3O2S. The van der Waals surface area contributed by atoms with Crippen LogP contribution in [-0.2, 0) is 9.53 Å². The Bertz CT molecular complexity index is 852. The number of aliphatic imine (C=N–C) groups is 1. The zero-order valence-corrected chi connectivity index (χ0v) is 16.1. The second-order valence-corrected chi connectivity index (χ2v) is 8.27. The Balaban J connectivity index is 1.61. The number of methoxy groups -OCH3 is 1. The van der Waals surface area contributed by atoms with Crippen LogP contribution in [0.25, 0.3) is 10.9 Å². The summed E-state index contributed by atoms with van der Waals surface area (Å²) in [6.07, 6.45) is 5.48. The number of ether oxygens (including phenoxy) is 1. The topological polar surface area (TPSA) is 66.5 Å². The molecule has 0 unspecified atom stereocenters. The zero-order valence-electron chi connectivity index (χ0n) is 15.3. The van der Waals surface area contributed by atoms with Crippen LogP contribution >= 0.6 is 11.8 Å². The van der Waals surface area contributed by atoms with Gasteiger partial charge in [0.2, 0.25) is 0 Å². The maximum absolute atomic E-state index is 11.5. The van der Waals surface area contributed by atoms with Gasteiger partial charge in [-0.3, -0.25) is 9.79 Å². The van der Waals surface area contributed by atoms with Crippen molar-refractivity contribution in [2.45, 2.75) is 51.1 Å². The number of aromatic amines is 1. The third-order valence-electron chi connectivity index (χ3n) is 5.16. The molecule has 5 nitrogen and oxygen atoms in total. The number of carbonyl (C=O) groups is 1. The number of anilines is 1. The molecule has 1 aliphatic carbocycles. The zero-order chi connectivity index (χ0) is 18.1. The van der Waals surface area contributed by atoms with Crippen molar-refractivity contribution in [3.05, 3.63) is 29.5 Å². The Hall–Kier alpha value is -1.95. The number of esters is 1. The summed E-state index contributed by atoms with van der Waals surface area (Å²) in [4.78, 5) is 19.8. The molecule has 0 radical (unpaired) electrons. The Morgan fingerprint density at radius 2 is 2.15 bits per heavy atom. The van der Waals surface area contributed by atoms with E-state index in [0.29, 0.717) is 12.5 Å². The number of aromatic nitrogens is 1. The summed E-state index contributed by atoms with van der Waals surface area (Å²) in [7, 11) is 1.42. The standard InChI is InChI=1S/C20H25N3O2S/c1-12-7-13-9-17(20-22-15(11-26-20)10-18(24)25-2)23-19(13)16(8-12)21-14-5-3-4-6-14/h7-9,14-15,21,23H,3-6,10-11H2,1-2H3/t15-/m1/s1. The third kappa shape index (κ3) is 3.61. The number of benzene rings is 1. The molecule has 1 aromatic heterocycles. The first-order valence-corrected chi connectivity index (χ1v) is 10.3. The van der Waals surface area contributed by atoms with Gasteiger partial charge in [-0.1, -0.05) is 12.8 Å². The van der Waals surface area contributed by atoms with Crippen LogP contribution in [0.1, 0.15) is 43.4 Å². The quantitative estimate of drug-likeness (QED) is 0.771. The Kier molecular flexibility index (Phi) is 4.94. The van der Waals surface area contributed by atoms with Gasteiger partial charge in [0, 0.05) is 17.2 Å². The summed E-state index contributed by atoms with van der Waals surface area (Å²) in [5.41, 5.74) is 4.63. The summed E-state index contributed by atoms with van der Waals surface area (Å²) in [5, 5.41) is 5.93. The first kappa shape index (κ1) is 17.5. The van der Waals surface area contributed by atoms with Gasteiger partial charge in [-0.25, -0.2) is 0 Å². The molecule has 0 amide bonds. The van der Waals surface area contributed by atoms with Crippen LogP contribution in [0.5, 0.6) is 0 Å². The second-order valence-electron chi connectivity index (χ2n) is 7.26. The molecule has 2 N–H and O–H groups in total. The molecule has 4 rings (SSSR count). The lowest BCUT2D eigenvalue weighted by molar-refractivity contribution is -0.140. The van der Waals surface area contributed by atoms with Gasteiger partial charge < -0.3 is 15.0 Å². The van der Waals surface area contributed by atoms with Crippen molar-refractivity contribution in [3.63, 3.8) is 0 Å². The number of aryl methyl sites for hydroxylation is 1. The predicted octanol–water partition coefficient (Wildman–Crippen LogP) is 4.26. The number of hydrogen-bond acceptors (Lipinski definition) is 5. The number of nitrogens with zero attached hydrogens (tertiary/aromatic N) is 1. The molecule has 1 aliphatic heterocycles. The number of rotatable bonds is 5. The summed E-state index contributed by atoms with van der Waals surface area (Å²) in [5.74, 6) is 0.627. The smallest absolute Gasteiger partial charge is 0.307 e. The van der Waals surface area contributed by atoms with Crippen LogP contribution in [0.3, 0.4) is 0 Å². The average molecular weight is 372 g/mol. The van der Waals surface area contributed by atoms with Gasteiger partial charge >= 0.3 is 5.97 Å². The number of carbonyl (C=O) groups excluding carboxylic acids is 1. The SMILES string of the molecule is COC(=O)C[C@@H]1CSC(c2cc3cc(C)cc(NC4CCCC4)c3[nH]2)=N1.